The number of ketones is 1. The van der Waals surface area contributed by atoms with Gasteiger partial charge in [0.1, 0.15) is 24.0 Å². The molecule has 0 aliphatic heterocycles. The van der Waals surface area contributed by atoms with Crippen molar-refractivity contribution in [3.05, 3.63) is 65.2 Å². The van der Waals surface area contributed by atoms with Crippen molar-refractivity contribution in [3.8, 4) is 5.75 Å². The summed E-state index contributed by atoms with van der Waals surface area (Å²) in [6.07, 6.45) is 0.356. The Kier molecular flexibility index (Phi) is 4.45. The van der Waals surface area contributed by atoms with Crippen molar-refractivity contribution in [3.63, 3.8) is 0 Å². The fraction of sp³-hybridized carbons (Fsp3) is 0.188. The molecule has 0 amide bonds. The van der Waals surface area contributed by atoms with Gasteiger partial charge in [-0.3, -0.25) is 4.79 Å². The summed E-state index contributed by atoms with van der Waals surface area (Å²) in [4.78, 5) is 11.8. The molecule has 0 fully saturated rings. The number of rotatable bonds is 5. The third-order valence-corrected chi connectivity index (χ3v) is 2.90. The summed E-state index contributed by atoms with van der Waals surface area (Å²) in [6.45, 7) is 1.63. The average Bonchev–Trinajstić information content (AvgIpc) is 2.47. The van der Waals surface area contributed by atoms with E-state index >= 15 is 0 Å². The highest BCUT2D eigenvalue weighted by molar-refractivity contribution is 5.98. The number of Topliss-reactive ketones (excluding diaryl/α,β-unsaturated/α-hetero) is 1. The van der Waals surface area contributed by atoms with Crippen LogP contribution in [0.4, 0.5) is 8.78 Å². The summed E-state index contributed by atoms with van der Waals surface area (Å²) < 4.78 is 32.0. The molecule has 2 aromatic carbocycles. The molecule has 20 heavy (non-hydrogen) atoms. The Bertz CT molecular complexity index is 624. The van der Waals surface area contributed by atoms with Gasteiger partial charge in [0.2, 0.25) is 0 Å². The van der Waals surface area contributed by atoms with Crippen LogP contribution in [0.1, 0.15) is 29.3 Å². The number of para-hydroxylation sites is 1. The fourth-order valence-corrected chi connectivity index (χ4v) is 1.82. The number of halogens is 2. The van der Waals surface area contributed by atoms with Crippen LogP contribution in [0.5, 0.6) is 5.75 Å². The van der Waals surface area contributed by atoms with Crippen molar-refractivity contribution in [1.29, 1.82) is 0 Å². The first-order chi connectivity index (χ1) is 9.61. The molecule has 0 bridgehead atoms. The second-order valence-electron chi connectivity index (χ2n) is 4.30. The van der Waals surface area contributed by atoms with E-state index in [2.05, 4.69) is 0 Å². The van der Waals surface area contributed by atoms with Crippen molar-refractivity contribution in [2.75, 3.05) is 0 Å². The minimum atomic E-state index is -0.536. The van der Waals surface area contributed by atoms with Gasteiger partial charge in [0.15, 0.2) is 5.78 Å². The second-order valence-corrected chi connectivity index (χ2v) is 4.30. The summed E-state index contributed by atoms with van der Waals surface area (Å²) >= 11 is 0. The molecule has 0 aliphatic carbocycles. The summed E-state index contributed by atoms with van der Waals surface area (Å²) in [5.74, 6) is -0.739. The monoisotopic (exact) mass is 276 g/mol. The van der Waals surface area contributed by atoms with Gasteiger partial charge in [-0.05, 0) is 30.3 Å². The molecule has 0 radical (unpaired) electrons. The topological polar surface area (TPSA) is 26.3 Å². The van der Waals surface area contributed by atoms with Crippen LogP contribution >= 0.6 is 0 Å². The summed E-state index contributed by atoms with van der Waals surface area (Å²) in [7, 11) is 0. The zero-order chi connectivity index (χ0) is 14.5. The summed E-state index contributed by atoms with van der Waals surface area (Å²) in [5.41, 5.74) is 0.565. The highest BCUT2D eigenvalue weighted by Gasteiger charge is 2.11. The Morgan fingerprint density at radius 3 is 2.65 bits per heavy atom. The number of carbonyl (C=O) groups is 1. The van der Waals surface area contributed by atoms with Crippen LogP contribution in [-0.2, 0) is 6.61 Å². The van der Waals surface area contributed by atoms with Gasteiger partial charge in [-0.1, -0.05) is 19.1 Å². The molecule has 2 aromatic rings. The van der Waals surface area contributed by atoms with Gasteiger partial charge in [0, 0.05) is 12.0 Å². The average molecular weight is 276 g/mol. The third kappa shape index (κ3) is 3.20. The van der Waals surface area contributed by atoms with Crippen molar-refractivity contribution in [2.24, 2.45) is 0 Å². The number of carbonyl (C=O) groups excluding carboxylic acids is 1. The van der Waals surface area contributed by atoms with Crippen LogP contribution in [0.15, 0.2) is 42.5 Å². The third-order valence-electron chi connectivity index (χ3n) is 2.90. The molecule has 0 spiro atoms. The van der Waals surface area contributed by atoms with Gasteiger partial charge < -0.3 is 4.74 Å². The zero-order valence-corrected chi connectivity index (χ0v) is 11.0. The van der Waals surface area contributed by atoms with Gasteiger partial charge in [-0.25, -0.2) is 8.78 Å². The molecule has 0 N–H and O–H groups in total. The summed E-state index contributed by atoms with van der Waals surface area (Å²) in [5, 5.41) is 0. The lowest BCUT2D eigenvalue weighted by atomic mass is 10.1. The van der Waals surface area contributed by atoms with Gasteiger partial charge >= 0.3 is 0 Å². The first kappa shape index (κ1) is 14.2. The molecular weight excluding hydrogens is 262 g/mol. The van der Waals surface area contributed by atoms with E-state index in [1.807, 2.05) is 0 Å². The predicted octanol–water partition coefficient (Wildman–Crippen LogP) is 4.14. The summed E-state index contributed by atoms with van der Waals surface area (Å²) in [6, 6.07) is 9.94. The lowest BCUT2D eigenvalue weighted by Crippen LogP contribution is -2.04. The highest BCUT2D eigenvalue weighted by Crippen LogP contribution is 2.21. The molecule has 0 saturated carbocycles. The molecule has 0 saturated heterocycles. The van der Waals surface area contributed by atoms with Gasteiger partial charge in [0.05, 0.1) is 5.56 Å². The van der Waals surface area contributed by atoms with Crippen LogP contribution in [0.25, 0.3) is 0 Å². The van der Waals surface area contributed by atoms with E-state index < -0.39 is 11.6 Å². The molecule has 2 rings (SSSR count). The maximum atomic E-state index is 13.5. The van der Waals surface area contributed by atoms with Crippen LogP contribution in [0, 0.1) is 11.6 Å². The Morgan fingerprint density at radius 1 is 1.15 bits per heavy atom. The first-order valence-corrected chi connectivity index (χ1v) is 6.30. The molecule has 0 heterocycles. The maximum absolute atomic E-state index is 13.5. The van der Waals surface area contributed by atoms with Crippen molar-refractivity contribution in [2.45, 2.75) is 20.0 Å². The highest BCUT2D eigenvalue weighted by atomic mass is 19.1. The van der Waals surface area contributed by atoms with E-state index in [4.69, 9.17) is 4.74 Å². The standard InChI is InChI=1S/C16H14F2O2/c1-2-15(19)13-5-3-4-6-16(13)20-10-11-9-12(17)7-8-14(11)18/h3-9H,2,10H2,1H3. The largest absolute Gasteiger partial charge is 0.488 e. The van der Waals surface area contributed by atoms with Crippen LogP contribution in [-0.4, -0.2) is 5.78 Å². The molecular formula is C16H14F2O2. The van der Waals surface area contributed by atoms with E-state index in [1.165, 1.54) is 0 Å². The van der Waals surface area contributed by atoms with Crippen molar-refractivity contribution >= 4 is 5.78 Å². The normalized spacial score (nSPS) is 10.3. The molecule has 0 aromatic heterocycles. The molecule has 0 atom stereocenters. The zero-order valence-electron chi connectivity index (χ0n) is 11.0. The quantitative estimate of drug-likeness (QED) is 0.767. The number of hydrogen-bond donors (Lipinski definition) is 0. The Labute approximate surface area is 116 Å². The number of hydrogen-bond acceptors (Lipinski definition) is 2. The Morgan fingerprint density at radius 2 is 1.90 bits per heavy atom. The van der Waals surface area contributed by atoms with Crippen molar-refractivity contribution in [1.82, 2.24) is 0 Å². The molecule has 0 unspecified atom stereocenters. The van der Waals surface area contributed by atoms with Crippen LogP contribution < -0.4 is 4.74 Å². The smallest absolute Gasteiger partial charge is 0.166 e. The number of benzene rings is 2. The minimum Gasteiger partial charge on any atom is -0.488 e. The first-order valence-electron chi connectivity index (χ1n) is 6.30. The molecule has 104 valence electrons. The lowest BCUT2D eigenvalue weighted by molar-refractivity contribution is 0.0983. The van der Waals surface area contributed by atoms with Crippen molar-refractivity contribution < 1.29 is 18.3 Å². The minimum absolute atomic E-state index is 0.0553. The maximum Gasteiger partial charge on any atom is 0.166 e. The van der Waals surface area contributed by atoms with Crippen LogP contribution in [0.2, 0.25) is 0 Å². The van der Waals surface area contributed by atoms with Gasteiger partial charge in [-0.15, -0.1) is 0 Å². The Balaban J connectivity index is 2.19. The van der Waals surface area contributed by atoms with E-state index in [0.717, 1.165) is 18.2 Å². The van der Waals surface area contributed by atoms with E-state index in [9.17, 15) is 13.6 Å². The molecule has 4 heteroatoms. The number of ether oxygens (including phenoxy) is 1. The second kappa shape index (κ2) is 6.28. The van der Waals surface area contributed by atoms with Gasteiger partial charge in [0.25, 0.3) is 0 Å². The predicted molar refractivity (Wildman–Crippen MR) is 71.8 cm³/mol. The van der Waals surface area contributed by atoms with E-state index in [-0.39, 0.29) is 18.0 Å². The Hall–Kier alpha value is -2.23. The fourth-order valence-electron chi connectivity index (χ4n) is 1.82. The molecule has 2 nitrogen and oxygen atoms in total. The SMILES string of the molecule is CCC(=O)c1ccccc1OCc1cc(F)ccc1F. The van der Waals surface area contributed by atoms with E-state index in [1.54, 1.807) is 31.2 Å². The lowest BCUT2D eigenvalue weighted by Gasteiger charge is -2.10. The molecule has 0 aliphatic rings. The van der Waals surface area contributed by atoms with Crippen LogP contribution in [0.3, 0.4) is 0 Å². The van der Waals surface area contributed by atoms with Gasteiger partial charge in [-0.2, -0.15) is 0 Å². The van der Waals surface area contributed by atoms with E-state index in [0.29, 0.717) is 17.7 Å².